The van der Waals surface area contributed by atoms with E-state index in [1.54, 1.807) is 16.7 Å². The third-order valence-corrected chi connectivity index (χ3v) is 4.43. The van der Waals surface area contributed by atoms with E-state index < -0.39 is 11.9 Å². The third kappa shape index (κ3) is 3.33. The summed E-state index contributed by atoms with van der Waals surface area (Å²) in [6.07, 6.45) is 1.41. The number of hydrogen-bond donors (Lipinski definition) is 1. The fourth-order valence-electron chi connectivity index (χ4n) is 2.46. The van der Waals surface area contributed by atoms with Crippen molar-refractivity contribution in [3.63, 3.8) is 0 Å². The van der Waals surface area contributed by atoms with Crippen LogP contribution in [0.15, 0.2) is 29.2 Å². The van der Waals surface area contributed by atoms with E-state index in [-0.39, 0.29) is 5.91 Å². The van der Waals surface area contributed by atoms with Gasteiger partial charge >= 0.3 is 5.97 Å². The van der Waals surface area contributed by atoms with E-state index >= 15 is 0 Å². The van der Waals surface area contributed by atoms with E-state index in [1.807, 2.05) is 31.2 Å². The Kier molecular flexibility index (Phi) is 5.06. The van der Waals surface area contributed by atoms with Crippen molar-refractivity contribution in [2.24, 2.45) is 5.92 Å². The van der Waals surface area contributed by atoms with Gasteiger partial charge in [0.2, 0.25) is 0 Å². The highest BCUT2D eigenvalue weighted by Gasteiger charge is 2.29. The van der Waals surface area contributed by atoms with Crippen molar-refractivity contribution in [3.05, 3.63) is 29.8 Å². The molecule has 1 aliphatic heterocycles. The molecule has 0 aliphatic carbocycles. The summed E-state index contributed by atoms with van der Waals surface area (Å²) in [6.45, 7) is 3.01. The van der Waals surface area contributed by atoms with Gasteiger partial charge in [0.25, 0.3) is 5.91 Å². The van der Waals surface area contributed by atoms with E-state index in [4.69, 9.17) is 5.11 Å². The number of carbonyl (C=O) groups excluding carboxylic acids is 1. The Morgan fingerprint density at radius 1 is 1.40 bits per heavy atom. The van der Waals surface area contributed by atoms with Crippen molar-refractivity contribution in [1.29, 1.82) is 0 Å². The minimum absolute atomic E-state index is 0.0486. The summed E-state index contributed by atoms with van der Waals surface area (Å²) >= 11 is 1.64. The van der Waals surface area contributed by atoms with Gasteiger partial charge in [0.1, 0.15) is 0 Å². The van der Waals surface area contributed by atoms with Crippen LogP contribution in [0.25, 0.3) is 0 Å². The SMILES string of the molecule is CCSc1ccccc1C(=O)N1CCCC(C(=O)O)C1. The summed E-state index contributed by atoms with van der Waals surface area (Å²) in [5, 5.41) is 9.11. The molecule has 1 fully saturated rings. The quantitative estimate of drug-likeness (QED) is 0.867. The monoisotopic (exact) mass is 293 g/mol. The van der Waals surface area contributed by atoms with Crippen molar-refractivity contribution in [2.45, 2.75) is 24.7 Å². The summed E-state index contributed by atoms with van der Waals surface area (Å²) in [7, 11) is 0. The molecule has 1 aromatic carbocycles. The number of hydrogen-bond acceptors (Lipinski definition) is 3. The number of benzene rings is 1. The zero-order chi connectivity index (χ0) is 14.5. The number of carbonyl (C=O) groups is 2. The van der Waals surface area contributed by atoms with Gasteiger partial charge < -0.3 is 10.0 Å². The van der Waals surface area contributed by atoms with Crippen LogP contribution < -0.4 is 0 Å². The Hall–Kier alpha value is -1.49. The van der Waals surface area contributed by atoms with Gasteiger partial charge in [0, 0.05) is 18.0 Å². The second-order valence-corrected chi connectivity index (χ2v) is 6.16. The lowest BCUT2D eigenvalue weighted by Gasteiger charge is -2.31. The molecule has 20 heavy (non-hydrogen) atoms. The molecule has 1 saturated heterocycles. The molecule has 1 heterocycles. The lowest BCUT2D eigenvalue weighted by molar-refractivity contribution is -0.143. The molecular weight excluding hydrogens is 274 g/mol. The van der Waals surface area contributed by atoms with Crippen LogP contribution in [0.2, 0.25) is 0 Å². The topological polar surface area (TPSA) is 57.6 Å². The molecule has 1 aliphatic rings. The van der Waals surface area contributed by atoms with Crippen LogP contribution in [-0.4, -0.2) is 40.7 Å². The number of likely N-dealkylation sites (tertiary alicyclic amines) is 1. The maximum absolute atomic E-state index is 12.6. The van der Waals surface area contributed by atoms with Crippen LogP contribution in [0, 0.1) is 5.92 Å². The highest BCUT2D eigenvalue weighted by Crippen LogP contribution is 2.25. The summed E-state index contributed by atoms with van der Waals surface area (Å²) in [5.41, 5.74) is 0.686. The Morgan fingerprint density at radius 2 is 2.15 bits per heavy atom. The fourth-order valence-corrected chi connectivity index (χ4v) is 3.25. The van der Waals surface area contributed by atoms with Crippen molar-refractivity contribution in [1.82, 2.24) is 4.90 Å². The molecule has 0 radical (unpaired) electrons. The zero-order valence-electron chi connectivity index (χ0n) is 11.5. The first kappa shape index (κ1) is 14.9. The Balaban J connectivity index is 2.16. The molecule has 0 aromatic heterocycles. The summed E-state index contributed by atoms with van der Waals surface area (Å²) in [4.78, 5) is 26.3. The number of thioether (sulfide) groups is 1. The maximum atomic E-state index is 12.6. The van der Waals surface area contributed by atoms with Crippen LogP contribution in [-0.2, 0) is 4.79 Å². The molecule has 0 saturated carbocycles. The van der Waals surface area contributed by atoms with E-state index in [0.29, 0.717) is 25.1 Å². The normalized spacial score (nSPS) is 18.9. The molecule has 2 rings (SSSR count). The molecule has 1 atom stereocenters. The van der Waals surface area contributed by atoms with Gasteiger partial charge in [-0.2, -0.15) is 0 Å². The first-order chi connectivity index (χ1) is 9.63. The van der Waals surface area contributed by atoms with Crippen LogP contribution in [0.5, 0.6) is 0 Å². The van der Waals surface area contributed by atoms with Crippen LogP contribution in [0.4, 0.5) is 0 Å². The summed E-state index contributed by atoms with van der Waals surface area (Å²) < 4.78 is 0. The van der Waals surface area contributed by atoms with Gasteiger partial charge in [-0.25, -0.2) is 0 Å². The maximum Gasteiger partial charge on any atom is 0.308 e. The Bertz CT molecular complexity index is 504. The zero-order valence-corrected chi connectivity index (χ0v) is 12.4. The number of amides is 1. The lowest BCUT2D eigenvalue weighted by atomic mass is 9.97. The van der Waals surface area contributed by atoms with Gasteiger partial charge in [-0.05, 0) is 30.7 Å². The Labute approximate surface area is 123 Å². The van der Waals surface area contributed by atoms with Gasteiger partial charge in [-0.15, -0.1) is 11.8 Å². The highest BCUT2D eigenvalue weighted by atomic mass is 32.2. The first-order valence-electron chi connectivity index (χ1n) is 6.87. The molecule has 5 heteroatoms. The van der Waals surface area contributed by atoms with Gasteiger partial charge in [-0.1, -0.05) is 19.1 Å². The van der Waals surface area contributed by atoms with Crippen LogP contribution in [0.3, 0.4) is 0 Å². The minimum Gasteiger partial charge on any atom is -0.481 e. The number of carboxylic acid groups (broad SMARTS) is 1. The molecule has 108 valence electrons. The second-order valence-electron chi connectivity index (χ2n) is 4.86. The highest BCUT2D eigenvalue weighted by molar-refractivity contribution is 7.99. The second kappa shape index (κ2) is 6.79. The van der Waals surface area contributed by atoms with Gasteiger partial charge in [0.05, 0.1) is 11.5 Å². The largest absolute Gasteiger partial charge is 0.481 e. The van der Waals surface area contributed by atoms with E-state index in [9.17, 15) is 9.59 Å². The molecule has 4 nitrogen and oxygen atoms in total. The van der Waals surface area contributed by atoms with E-state index in [1.165, 1.54) is 0 Å². The third-order valence-electron chi connectivity index (χ3n) is 3.48. The van der Waals surface area contributed by atoms with Gasteiger partial charge in [-0.3, -0.25) is 9.59 Å². The van der Waals surface area contributed by atoms with Crippen molar-refractivity contribution in [2.75, 3.05) is 18.8 Å². The van der Waals surface area contributed by atoms with Gasteiger partial charge in [0.15, 0.2) is 0 Å². The average Bonchev–Trinajstić information content (AvgIpc) is 2.47. The number of nitrogens with zero attached hydrogens (tertiary/aromatic N) is 1. The molecule has 1 N–H and O–H groups in total. The standard InChI is InChI=1S/C15H19NO3S/c1-2-20-13-8-4-3-7-12(13)14(17)16-9-5-6-11(10-16)15(18)19/h3-4,7-8,11H,2,5-6,9-10H2,1H3,(H,18,19). The van der Waals surface area contributed by atoms with Crippen molar-refractivity contribution in [3.8, 4) is 0 Å². The molecule has 1 unspecified atom stereocenters. The molecule has 1 aromatic rings. The summed E-state index contributed by atoms with van der Waals surface area (Å²) in [6, 6.07) is 7.54. The first-order valence-corrected chi connectivity index (χ1v) is 7.86. The lowest BCUT2D eigenvalue weighted by Crippen LogP contribution is -2.42. The number of piperidine rings is 1. The predicted octanol–water partition coefficient (Wildman–Crippen LogP) is 2.74. The molecule has 0 spiro atoms. The van der Waals surface area contributed by atoms with Crippen LogP contribution in [0.1, 0.15) is 30.1 Å². The fraction of sp³-hybridized carbons (Fsp3) is 0.467. The minimum atomic E-state index is -0.807. The van der Waals surface area contributed by atoms with E-state index in [0.717, 1.165) is 17.1 Å². The smallest absolute Gasteiger partial charge is 0.308 e. The number of carboxylic acids is 1. The van der Waals surface area contributed by atoms with Crippen molar-refractivity contribution < 1.29 is 14.7 Å². The average molecular weight is 293 g/mol. The van der Waals surface area contributed by atoms with Crippen LogP contribution >= 0.6 is 11.8 Å². The predicted molar refractivity (Wildman–Crippen MR) is 79.1 cm³/mol. The molecule has 0 bridgehead atoms. The van der Waals surface area contributed by atoms with Crippen molar-refractivity contribution >= 4 is 23.6 Å². The Morgan fingerprint density at radius 3 is 2.85 bits per heavy atom. The summed E-state index contributed by atoms with van der Waals surface area (Å²) in [5.74, 6) is -0.382. The number of rotatable bonds is 4. The number of aliphatic carboxylic acids is 1. The molecule has 1 amide bonds. The van der Waals surface area contributed by atoms with E-state index in [2.05, 4.69) is 0 Å². The molecular formula is C15H19NO3S.